The van der Waals surface area contributed by atoms with Crippen LogP contribution >= 0.6 is 0 Å². The zero-order valence-corrected chi connectivity index (χ0v) is 19.0. The van der Waals surface area contributed by atoms with Gasteiger partial charge in [0.05, 0.1) is 6.61 Å². The number of amides is 2. The van der Waals surface area contributed by atoms with E-state index in [1.165, 1.54) is 6.92 Å². The van der Waals surface area contributed by atoms with Crippen LogP contribution in [0.2, 0.25) is 0 Å². The number of hydrogen-bond donors (Lipinski definition) is 7. The molecule has 0 saturated carbocycles. The van der Waals surface area contributed by atoms with E-state index in [2.05, 4.69) is 34.9 Å². The maximum absolute atomic E-state index is 12.6. The van der Waals surface area contributed by atoms with Gasteiger partial charge >= 0.3 is 0 Å². The highest BCUT2D eigenvalue weighted by atomic mass is 16.4. The molecule has 7 N–H and O–H groups in total. The molecule has 5 atom stereocenters. The third kappa shape index (κ3) is 4.77. The molecule has 0 aliphatic rings. The van der Waals surface area contributed by atoms with Crippen molar-refractivity contribution in [3.8, 4) is 0 Å². The highest BCUT2D eigenvalue weighted by Crippen LogP contribution is 2.35. The van der Waals surface area contributed by atoms with Crippen LogP contribution in [0.3, 0.4) is 0 Å². The molecule has 35 heavy (non-hydrogen) atoms. The minimum Gasteiger partial charge on any atom is -0.394 e. The summed E-state index contributed by atoms with van der Waals surface area (Å²) in [5.74, 6) is -1.62. The molecule has 4 aromatic carbocycles. The van der Waals surface area contributed by atoms with Crippen LogP contribution in [-0.4, -0.2) is 74.4 Å². The van der Waals surface area contributed by atoms with Gasteiger partial charge in [0.2, 0.25) is 5.91 Å². The molecule has 9 heteroatoms. The third-order valence-corrected chi connectivity index (χ3v) is 6.35. The van der Waals surface area contributed by atoms with Gasteiger partial charge in [-0.1, -0.05) is 54.6 Å². The van der Waals surface area contributed by atoms with Crippen LogP contribution in [-0.2, 0) is 16.1 Å². The zero-order chi connectivity index (χ0) is 25.3. The van der Waals surface area contributed by atoms with Crippen LogP contribution in [0.5, 0.6) is 0 Å². The summed E-state index contributed by atoms with van der Waals surface area (Å²) in [6, 6.07) is 17.3. The molecule has 0 fully saturated rings. The third-order valence-electron chi connectivity index (χ3n) is 6.35. The SMILES string of the molecule is C[C@H](NC(=O)[C@H](O)[C@@H](O)[C@H](O)[C@H](O)CO)C(=O)NCc1ccc2ccc3cccc4ccc1c2c34. The first-order valence-corrected chi connectivity index (χ1v) is 11.3. The molecule has 4 rings (SSSR count). The lowest BCUT2D eigenvalue weighted by atomic mass is 9.92. The summed E-state index contributed by atoms with van der Waals surface area (Å²) in [6.45, 7) is 0.754. The number of aliphatic hydroxyl groups is 5. The van der Waals surface area contributed by atoms with Crippen molar-refractivity contribution in [2.45, 2.75) is 43.9 Å². The van der Waals surface area contributed by atoms with Gasteiger partial charge in [0.15, 0.2) is 6.10 Å². The van der Waals surface area contributed by atoms with E-state index < -0.39 is 48.9 Å². The van der Waals surface area contributed by atoms with Gasteiger partial charge in [-0.2, -0.15) is 0 Å². The van der Waals surface area contributed by atoms with Gasteiger partial charge in [-0.25, -0.2) is 0 Å². The molecule has 4 aromatic rings. The highest BCUT2D eigenvalue weighted by Gasteiger charge is 2.35. The number of benzene rings is 4. The van der Waals surface area contributed by atoms with Crippen molar-refractivity contribution in [3.05, 3.63) is 60.2 Å². The van der Waals surface area contributed by atoms with Crippen molar-refractivity contribution in [2.75, 3.05) is 6.61 Å². The van der Waals surface area contributed by atoms with Gasteiger partial charge in [-0.05, 0) is 44.8 Å². The minimum atomic E-state index is -2.11. The van der Waals surface area contributed by atoms with Gasteiger partial charge in [-0.3, -0.25) is 9.59 Å². The number of hydrogen-bond acceptors (Lipinski definition) is 7. The molecule has 0 aliphatic heterocycles. The van der Waals surface area contributed by atoms with Crippen LogP contribution in [0.4, 0.5) is 0 Å². The fourth-order valence-corrected chi connectivity index (χ4v) is 4.33. The van der Waals surface area contributed by atoms with Gasteiger partial charge in [0, 0.05) is 6.54 Å². The maximum atomic E-state index is 12.6. The Bertz CT molecular complexity index is 1340. The number of rotatable bonds is 9. The van der Waals surface area contributed by atoms with Crippen molar-refractivity contribution >= 4 is 44.1 Å². The molecule has 0 radical (unpaired) electrons. The Labute approximate surface area is 200 Å². The Balaban J connectivity index is 1.44. The van der Waals surface area contributed by atoms with E-state index in [1.54, 1.807) is 0 Å². The predicted molar refractivity (Wildman–Crippen MR) is 131 cm³/mol. The van der Waals surface area contributed by atoms with E-state index in [9.17, 15) is 30.0 Å². The molecular weight excluding hydrogens is 452 g/mol. The second kappa shape index (κ2) is 10.1. The Kier molecular flexibility index (Phi) is 7.15. The van der Waals surface area contributed by atoms with Crippen molar-refractivity contribution in [2.24, 2.45) is 0 Å². The number of carbonyl (C=O) groups excluding carboxylic acids is 2. The monoisotopic (exact) mass is 480 g/mol. The van der Waals surface area contributed by atoms with Crippen LogP contribution < -0.4 is 10.6 Å². The molecule has 184 valence electrons. The van der Waals surface area contributed by atoms with Gasteiger partial charge in [0.25, 0.3) is 5.91 Å². The molecular formula is C26H28N2O7. The van der Waals surface area contributed by atoms with Crippen molar-refractivity contribution < 1.29 is 35.1 Å². The van der Waals surface area contributed by atoms with E-state index in [1.807, 2.05) is 30.3 Å². The number of aliphatic hydroxyl groups excluding tert-OH is 5. The summed E-state index contributed by atoms with van der Waals surface area (Å²) in [6.07, 6.45) is -7.85. The van der Waals surface area contributed by atoms with E-state index in [-0.39, 0.29) is 6.54 Å². The van der Waals surface area contributed by atoms with Gasteiger partial charge in [0.1, 0.15) is 24.4 Å². The summed E-state index contributed by atoms with van der Waals surface area (Å²) in [5, 5.41) is 59.4. The maximum Gasteiger partial charge on any atom is 0.252 e. The number of nitrogens with one attached hydrogen (secondary N) is 2. The molecule has 0 aliphatic carbocycles. The predicted octanol–water partition coefficient (Wildman–Crippen LogP) is 0.141. The molecule has 0 unspecified atom stereocenters. The second-order valence-electron chi connectivity index (χ2n) is 8.70. The fraction of sp³-hybridized carbons (Fsp3) is 0.308. The van der Waals surface area contributed by atoms with Crippen LogP contribution in [0, 0.1) is 0 Å². The fourth-order valence-electron chi connectivity index (χ4n) is 4.33. The van der Waals surface area contributed by atoms with Crippen molar-refractivity contribution in [1.29, 1.82) is 0 Å². The molecule has 0 aromatic heterocycles. The summed E-state index contributed by atoms with van der Waals surface area (Å²) in [5.41, 5.74) is 0.902. The molecule has 0 bridgehead atoms. The van der Waals surface area contributed by atoms with E-state index >= 15 is 0 Å². The Morgan fingerprint density at radius 3 is 2.06 bits per heavy atom. The van der Waals surface area contributed by atoms with Crippen molar-refractivity contribution in [3.63, 3.8) is 0 Å². The Morgan fingerprint density at radius 2 is 1.40 bits per heavy atom. The summed E-state index contributed by atoms with van der Waals surface area (Å²) >= 11 is 0. The first-order chi connectivity index (χ1) is 16.7. The standard InChI is InChI=1S/C26H28N2O7/c1-13(28-26(35)24(33)23(32)22(31)19(30)12-29)25(34)27-11-17-8-7-16-6-5-14-3-2-4-15-9-10-18(17)21(16)20(14)15/h2-10,13,19,22-24,29-33H,11-12H2,1H3,(H,27,34)(H,28,35)/t13-,19+,22+,23-,24+/m0/s1. The van der Waals surface area contributed by atoms with Crippen LogP contribution in [0.1, 0.15) is 12.5 Å². The van der Waals surface area contributed by atoms with E-state index in [0.29, 0.717) is 0 Å². The van der Waals surface area contributed by atoms with Crippen LogP contribution in [0.25, 0.3) is 32.3 Å². The van der Waals surface area contributed by atoms with Gasteiger partial charge < -0.3 is 36.2 Å². The summed E-state index contributed by atoms with van der Waals surface area (Å²) < 4.78 is 0. The molecule has 9 nitrogen and oxygen atoms in total. The van der Waals surface area contributed by atoms with E-state index in [4.69, 9.17) is 5.11 Å². The Hall–Kier alpha value is -3.34. The lowest BCUT2D eigenvalue weighted by molar-refractivity contribution is -0.150. The molecule has 2 amide bonds. The molecule has 0 heterocycles. The average molecular weight is 481 g/mol. The average Bonchev–Trinajstić information content (AvgIpc) is 2.88. The highest BCUT2D eigenvalue weighted by molar-refractivity contribution is 6.23. The summed E-state index contributed by atoms with van der Waals surface area (Å²) in [4.78, 5) is 24.8. The molecule has 0 saturated heterocycles. The smallest absolute Gasteiger partial charge is 0.252 e. The van der Waals surface area contributed by atoms with Gasteiger partial charge in [-0.15, -0.1) is 0 Å². The number of carbonyl (C=O) groups is 2. The summed E-state index contributed by atoms with van der Waals surface area (Å²) in [7, 11) is 0. The first kappa shape index (κ1) is 24.8. The lowest BCUT2D eigenvalue weighted by Crippen LogP contribution is -2.54. The van der Waals surface area contributed by atoms with Crippen molar-refractivity contribution in [1.82, 2.24) is 10.6 Å². The quantitative estimate of drug-likeness (QED) is 0.168. The topological polar surface area (TPSA) is 159 Å². The second-order valence-corrected chi connectivity index (χ2v) is 8.70. The van der Waals surface area contributed by atoms with E-state index in [0.717, 1.165) is 37.9 Å². The molecule has 0 spiro atoms. The normalized spacial score (nSPS) is 16.2. The zero-order valence-electron chi connectivity index (χ0n) is 19.0. The van der Waals surface area contributed by atoms with Crippen LogP contribution in [0.15, 0.2) is 54.6 Å². The first-order valence-electron chi connectivity index (χ1n) is 11.3. The Morgan fingerprint density at radius 1 is 0.800 bits per heavy atom. The minimum absolute atomic E-state index is 0.208. The lowest BCUT2D eigenvalue weighted by Gasteiger charge is -2.25. The largest absolute Gasteiger partial charge is 0.394 e.